The molecule has 1 fully saturated rings. The first-order chi connectivity index (χ1) is 9.01. The maximum absolute atomic E-state index is 13.5. The summed E-state index contributed by atoms with van der Waals surface area (Å²) in [6, 6.07) is 0. The molecule has 0 saturated carbocycles. The molecule has 19 heavy (non-hydrogen) atoms. The summed E-state index contributed by atoms with van der Waals surface area (Å²) in [5, 5.41) is 0. The van der Waals surface area contributed by atoms with Gasteiger partial charge in [-0.05, 0) is 13.3 Å². The molecule has 2 heterocycles. The van der Waals surface area contributed by atoms with Crippen molar-refractivity contribution in [1.82, 2.24) is 9.55 Å². The van der Waals surface area contributed by atoms with E-state index in [-0.39, 0.29) is 19.6 Å². The van der Waals surface area contributed by atoms with E-state index >= 15 is 0 Å². The summed E-state index contributed by atoms with van der Waals surface area (Å²) >= 11 is 0. The van der Waals surface area contributed by atoms with Crippen LogP contribution in [0.4, 0.5) is 10.2 Å². The summed E-state index contributed by atoms with van der Waals surface area (Å²) < 4.78 is 24.5. The minimum atomic E-state index is -1.64. The van der Waals surface area contributed by atoms with Crippen molar-refractivity contribution in [1.29, 1.82) is 0 Å². The number of hydrogen-bond acceptors (Lipinski definition) is 6. The van der Waals surface area contributed by atoms with Crippen molar-refractivity contribution in [2.45, 2.75) is 25.5 Å². The average Bonchev–Trinajstić information content (AvgIpc) is 2.84. The number of ether oxygens (including phenoxy) is 2. The van der Waals surface area contributed by atoms with Gasteiger partial charge in [-0.1, -0.05) is 0 Å². The van der Waals surface area contributed by atoms with Gasteiger partial charge in [-0.25, -0.2) is 14.0 Å². The van der Waals surface area contributed by atoms with Crippen molar-refractivity contribution in [3.8, 4) is 0 Å². The van der Waals surface area contributed by atoms with Crippen molar-refractivity contribution in [2.75, 3.05) is 18.9 Å². The molecule has 2 N–H and O–H groups in total. The molecular weight excluding hydrogens is 257 g/mol. The fourth-order valence-electron chi connectivity index (χ4n) is 2.02. The van der Waals surface area contributed by atoms with Gasteiger partial charge in [0.15, 0.2) is 11.6 Å². The van der Waals surface area contributed by atoms with Gasteiger partial charge in [0, 0.05) is 6.42 Å². The van der Waals surface area contributed by atoms with Crippen molar-refractivity contribution >= 4 is 11.8 Å². The highest BCUT2D eigenvalue weighted by Gasteiger charge is 2.47. The first-order valence-corrected chi connectivity index (χ1v) is 5.87. The number of halogens is 1. The maximum Gasteiger partial charge on any atom is 0.360 e. The van der Waals surface area contributed by atoms with Gasteiger partial charge in [0.05, 0.1) is 19.4 Å². The standard InChI is InChI=1S/C11H14FN3O4/c1-2-18-9(16)11(4-3-5-19-11)15-6-7(12)8(13)14-10(15)17/h6H,2-5H2,1H3,(H2,13,14,17)/t11-/m1/s1. The summed E-state index contributed by atoms with van der Waals surface area (Å²) in [5.74, 6) is -2.14. The summed E-state index contributed by atoms with van der Waals surface area (Å²) in [6.07, 6.45) is 1.60. The van der Waals surface area contributed by atoms with E-state index in [1.807, 2.05) is 0 Å². The molecule has 1 aliphatic rings. The van der Waals surface area contributed by atoms with E-state index in [9.17, 15) is 14.0 Å². The Hall–Kier alpha value is -1.96. The molecule has 2 rings (SSSR count). The molecule has 0 spiro atoms. The molecule has 0 bridgehead atoms. The second-order valence-electron chi connectivity index (χ2n) is 4.08. The zero-order chi connectivity index (χ0) is 14.0. The summed E-state index contributed by atoms with van der Waals surface area (Å²) in [5.41, 5.74) is 2.71. The van der Waals surface area contributed by atoms with Crippen molar-refractivity contribution < 1.29 is 18.7 Å². The third-order valence-corrected chi connectivity index (χ3v) is 2.89. The molecule has 1 aromatic heterocycles. The molecule has 0 amide bonds. The van der Waals surface area contributed by atoms with Gasteiger partial charge in [-0.3, -0.25) is 4.57 Å². The van der Waals surface area contributed by atoms with Gasteiger partial charge in [0.2, 0.25) is 5.72 Å². The first-order valence-electron chi connectivity index (χ1n) is 5.87. The maximum atomic E-state index is 13.5. The van der Waals surface area contributed by atoms with Crippen LogP contribution in [0.3, 0.4) is 0 Å². The number of nitrogens with zero attached hydrogens (tertiary/aromatic N) is 2. The largest absolute Gasteiger partial charge is 0.462 e. The van der Waals surface area contributed by atoms with Gasteiger partial charge in [0.1, 0.15) is 0 Å². The van der Waals surface area contributed by atoms with Gasteiger partial charge in [-0.15, -0.1) is 0 Å². The molecular formula is C11H14FN3O4. The normalized spacial score (nSPS) is 22.4. The van der Waals surface area contributed by atoms with Crippen LogP contribution in [0.2, 0.25) is 0 Å². The number of aromatic nitrogens is 2. The van der Waals surface area contributed by atoms with Crippen molar-refractivity contribution in [3.63, 3.8) is 0 Å². The minimum absolute atomic E-state index is 0.129. The number of carbonyl (C=O) groups is 1. The quantitative estimate of drug-likeness (QED) is 0.777. The molecule has 1 aromatic rings. The number of hydrogen-bond donors (Lipinski definition) is 1. The van der Waals surface area contributed by atoms with Gasteiger partial charge < -0.3 is 15.2 Å². The average molecular weight is 271 g/mol. The molecule has 8 heteroatoms. The first kappa shape index (κ1) is 13.5. The minimum Gasteiger partial charge on any atom is -0.462 e. The van der Waals surface area contributed by atoms with Crippen LogP contribution in [0.15, 0.2) is 11.0 Å². The molecule has 0 unspecified atom stereocenters. The molecule has 0 radical (unpaired) electrons. The third kappa shape index (κ3) is 2.19. The number of nitrogens with two attached hydrogens (primary N) is 1. The van der Waals surface area contributed by atoms with Gasteiger partial charge in [0.25, 0.3) is 0 Å². The van der Waals surface area contributed by atoms with Crippen LogP contribution in [0.25, 0.3) is 0 Å². The fourth-order valence-corrected chi connectivity index (χ4v) is 2.02. The van der Waals surface area contributed by atoms with Crippen LogP contribution in [-0.2, 0) is 20.0 Å². The lowest BCUT2D eigenvalue weighted by atomic mass is 10.1. The molecule has 7 nitrogen and oxygen atoms in total. The Morgan fingerprint density at radius 3 is 3.05 bits per heavy atom. The second kappa shape index (κ2) is 4.96. The Morgan fingerprint density at radius 2 is 2.47 bits per heavy atom. The van der Waals surface area contributed by atoms with E-state index in [1.165, 1.54) is 0 Å². The van der Waals surface area contributed by atoms with E-state index in [1.54, 1.807) is 6.92 Å². The molecule has 1 atom stereocenters. The predicted molar refractivity (Wildman–Crippen MR) is 62.7 cm³/mol. The number of nitrogen functional groups attached to an aromatic ring is 1. The van der Waals surface area contributed by atoms with Crippen LogP contribution in [0.5, 0.6) is 0 Å². The summed E-state index contributed by atoms with van der Waals surface area (Å²) in [7, 11) is 0. The third-order valence-electron chi connectivity index (χ3n) is 2.89. The van der Waals surface area contributed by atoms with Crippen LogP contribution in [0, 0.1) is 5.82 Å². The topological polar surface area (TPSA) is 96.4 Å². The van der Waals surface area contributed by atoms with Gasteiger partial charge >= 0.3 is 11.7 Å². The highest BCUT2D eigenvalue weighted by atomic mass is 19.1. The van der Waals surface area contributed by atoms with Crippen LogP contribution < -0.4 is 11.4 Å². The number of rotatable bonds is 3. The Labute approximate surface area is 108 Å². The van der Waals surface area contributed by atoms with E-state index < -0.39 is 29.0 Å². The van der Waals surface area contributed by atoms with Crippen LogP contribution >= 0.6 is 0 Å². The molecule has 104 valence electrons. The van der Waals surface area contributed by atoms with Crippen LogP contribution in [0.1, 0.15) is 19.8 Å². The van der Waals surface area contributed by atoms with Gasteiger partial charge in [-0.2, -0.15) is 4.98 Å². The fraction of sp³-hybridized carbons (Fsp3) is 0.545. The highest BCUT2D eigenvalue weighted by Crippen LogP contribution is 2.31. The SMILES string of the molecule is CCOC(=O)[C@@]1(n2cc(F)c(N)nc2=O)CCCO1. The monoisotopic (exact) mass is 271 g/mol. The summed E-state index contributed by atoms with van der Waals surface area (Å²) in [4.78, 5) is 27.2. The summed E-state index contributed by atoms with van der Waals surface area (Å²) in [6.45, 7) is 2.03. The second-order valence-corrected chi connectivity index (χ2v) is 4.08. The Balaban J connectivity index is 2.54. The lowest BCUT2D eigenvalue weighted by molar-refractivity contribution is -0.180. The van der Waals surface area contributed by atoms with E-state index in [2.05, 4.69) is 4.98 Å². The predicted octanol–water partition coefficient (Wildman–Crippen LogP) is -0.00910. The van der Waals surface area contributed by atoms with Crippen molar-refractivity contribution in [3.05, 3.63) is 22.5 Å². The smallest absolute Gasteiger partial charge is 0.360 e. The van der Waals surface area contributed by atoms with Crippen LogP contribution in [-0.4, -0.2) is 28.7 Å². The number of esters is 1. The molecule has 0 aromatic carbocycles. The van der Waals surface area contributed by atoms with Crippen molar-refractivity contribution in [2.24, 2.45) is 0 Å². The highest BCUT2D eigenvalue weighted by molar-refractivity contribution is 5.77. The Morgan fingerprint density at radius 1 is 1.74 bits per heavy atom. The molecule has 1 aliphatic heterocycles. The Kier molecular flexibility index (Phi) is 3.52. The Bertz CT molecular complexity index is 551. The molecule has 0 aliphatic carbocycles. The molecule has 1 saturated heterocycles. The van der Waals surface area contributed by atoms with E-state index in [4.69, 9.17) is 15.2 Å². The van der Waals surface area contributed by atoms with E-state index in [0.29, 0.717) is 6.42 Å². The number of anilines is 1. The lowest BCUT2D eigenvalue weighted by Gasteiger charge is -2.27. The van der Waals surface area contributed by atoms with E-state index in [0.717, 1.165) is 10.8 Å². The zero-order valence-corrected chi connectivity index (χ0v) is 10.4. The lowest BCUT2D eigenvalue weighted by Crippen LogP contribution is -2.48. The number of carbonyl (C=O) groups excluding carboxylic acids is 1. The zero-order valence-electron chi connectivity index (χ0n) is 10.4.